The Morgan fingerprint density at radius 2 is 2.22 bits per heavy atom. The summed E-state index contributed by atoms with van der Waals surface area (Å²) in [5.74, 6) is 0.0848. The maximum absolute atomic E-state index is 11.6. The molecule has 3 nitrogen and oxygen atoms in total. The summed E-state index contributed by atoms with van der Waals surface area (Å²) in [5, 5.41) is 3.07. The van der Waals surface area contributed by atoms with Crippen LogP contribution in [0.3, 0.4) is 0 Å². The highest BCUT2D eigenvalue weighted by atomic mass is 79.9. The van der Waals surface area contributed by atoms with Crippen LogP contribution in [-0.2, 0) is 11.3 Å². The van der Waals surface area contributed by atoms with E-state index in [4.69, 9.17) is 0 Å². The zero-order valence-corrected chi connectivity index (χ0v) is 12.2. The smallest absolute Gasteiger partial charge is 0.233 e. The van der Waals surface area contributed by atoms with Crippen molar-refractivity contribution in [3.63, 3.8) is 0 Å². The van der Waals surface area contributed by atoms with Crippen molar-refractivity contribution in [3.05, 3.63) is 35.9 Å². The van der Waals surface area contributed by atoms with Gasteiger partial charge in [0.2, 0.25) is 5.91 Å². The minimum absolute atomic E-state index is 0.0848. The lowest BCUT2D eigenvalue weighted by atomic mass is 10.2. The molecule has 1 N–H and O–H groups in total. The van der Waals surface area contributed by atoms with E-state index in [0.717, 1.165) is 26.1 Å². The van der Waals surface area contributed by atoms with Crippen LogP contribution in [0.1, 0.15) is 18.9 Å². The molecule has 4 heteroatoms. The van der Waals surface area contributed by atoms with Crippen LogP contribution >= 0.6 is 15.9 Å². The van der Waals surface area contributed by atoms with E-state index >= 15 is 0 Å². The summed E-state index contributed by atoms with van der Waals surface area (Å²) in [6, 6.07) is 10.8. The van der Waals surface area contributed by atoms with Gasteiger partial charge in [-0.05, 0) is 18.9 Å². The lowest BCUT2D eigenvalue weighted by molar-refractivity contribution is -0.120. The summed E-state index contributed by atoms with van der Waals surface area (Å²) in [5.41, 5.74) is 1.33. The Labute approximate surface area is 117 Å². The van der Waals surface area contributed by atoms with Gasteiger partial charge in [0.15, 0.2) is 0 Å². The highest BCUT2D eigenvalue weighted by Gasteiger charge is 2.24. The van der Waals surface area contributed by atoms with Gasteiger partial charge >= 0.3 is 0 Å². The lowest BCUT2D eigenvalue weighted by Crippen LogP contribution is -2.40. The molecule has 98 valence electrons. The van der Waals surface area contributed by atoms with Crippen molar-refractivity contribution in [1.29, 1.82) is 0 Å². The second-order valence-corrected chi connectivity index (χ2v) is 6.20. The molecule has 2 rings (SSSR count). The minimum Gasteiger partial charge on any atom is -0.351 e. The van der Waals surface area contributed by atoms with Crippen LogP contribution in [0.5, 0.6) is 0 Å². The van der Waals surface area contributed by atoms with E-state index in [2.05, 4.69) is 50.4 Å². The molecule has 18 heavy (non-hydrogen) atoms. The minimum atomic E-state index is -0.110. The van der Waals surface area contributed by atoms with Gasteiger partial charge < -0.3 is 5.32 Å². The van der Waals surface area contributed by atoms with Gasteiger partial charge in [0.25, 0.3) is 0 Å². The van der Waals surface area contributed by atoms with Gasteiger partial charge in [0, 0.05) is 25.7 Å². The summed E-state index contributed by atoms with van der Waals surface area (Å²) in [6.45, 7) is 4.82. The van der Waals surface area contributed by atoms with E-state index in [9.17, 15) is 4.79 Å². The molecule has 1 heterocycles. The molecule has 0 aromatic heterocycles. The topological polar surface area (TPSA) is 32.3 Å². The highest BCUT2D eigenvalue weighted by molar-refractivity contribution is 9.10. The number of halogens is 1. The standard InChI is InChI=1S/C14H19BrN2O/c1-11(15)14(18)16-13-7-8-17(10-13)9-12-5-3-2-4-6-12/h2-6,11,13H,7-10H2,1H3,(H,16,18). The van der Waals surface area contributed by atoms with Gasteiger partial charge in [-0.3, -0.25) is 9.69 Å². The number of carbonyl (C=O) groups is 1. The molecule has 1 aromatic rings. The maximum atomic E-state index is 11.6. The Morgan fingerprint density at radius 1 is 1.50 bits per heavy atom. The number of likely N-dealkylation sites (tertiary alicyclic amines) is 1. The van der Waals surface area contributed by atoms with Gasteiger partial charge in [-0.2, -0.15) is 0 Å². The second-order valence-electron chi connectivity index (χ2n) is 4.83. The Morgan fingerprint density at radius 3 is 2.89 bits per heavy atom. The first kappa shape index (κ1) is 13.6. The van der Waals surface area contributed by atoms with Crippen molar-refractivity contribution >= 4 is 21.8 Å². The van der Waals surface area contributed by atoms with Crippen molar-refractivity contribution in [2.75, 3.05) is 13.1 Å². The first-order valence-electron chi connectivity index (χ1n) is 6.36. The molecule has 0 aliphatic carbocycles. The van der Waals surface area contributed by atoms with Gasteiger partial charge in [-0.1, -0.05) is 46.3 Å². The van der Waals surface area contributed by atoms with Crippen LogP contribution in [-0.4, -0.2) is 34.8 Å². The van der Waals surface area contributed by atoms with E-state index < -0.39 is 0 Å². The SMILES string of the molecule is CC(Br)C(=O)NC1CCN(Cc2ccccc2)C1. The third-order valence-electron chi connectivity index (χ3n) is 3.23. The monoisotopic (exact) mass is 310 g/mol. The molecule has 0 bridgehead atoms. The third kappa shape index (κ3) is 3.82. The van der Waals surface area contributed by atoms with Crippen LogP contribution in [0.4, 0.5) is 0 Å². The molecular formula is C14H19BrN2O. The lowest BCUT2D eigenvalue weighted by Gasteiger charge is -2.17. The van der Waals surface area contributed by atoms with Crippen molar-refractivity contribution in [1.82, 2.24) is 10.2 Å². The Hall–Kier alpha value is -0.870. The average molecular weight is 311 g/mol. The number of nitrogens with one attached hydrogen (secondary N) is 1. The molecule has 2 unspecified atom stereocenters. The number of hydrogen-bond acceptors (Lipinski definition) is 2. The maximum Gasteiger partial charge on any atom is 0.233 e. The predicted octanol–water partition coefficient (Wildman–Crippen LogP) is 2.16. The quantitative estimate of drug-likeness (QED) is 0.864. The Kier molecular flexibility index (Phi) is 4.78. The van der Waals surface area contributed by atoms with E-state index in [1.807, 2.05) is 13.0 Å². The molecule has 1 aromatic carbocycles. The summed E-state index contributed by atoms with van der Waals surface area (Å²) in [6.07, 6.45) is 1.04. The van der Waals surface area contributed by atoms with Crippen molar-refractivity contribution in [2.45, 2.75) is 30.8 Å². The molecule has 1 amide bonds. The van der Waals surface area contributed by atoms with Crippen molar-refractivity contribution in [3.8, 4) is 0 Å². The molecule has 1 aliphatic heterocycles. The average Bonchev–Trinajstić information content (AvgIpc) is 2.77. The van der Waals surface area contributed by atoms with E-state index in [-0.39, 0.29) is 10.7 Å². The van der Waals surface area contributed by atoms with Crippen LogP contribution in [0.15, 0.2) is 30.3 Å². The van der Waals surface area contributed by atoms with Crippen molar-refractivity contribution in [2.24, 2.45) is 0 Å². The van der Waals surface area contributed by atoms with E-state index in [1.54, 1.807) is 0 Å². The molecule has 0 saturated carbocycles. The van der Waals surface area contributed by atoms with Gasteiger partial charge in [0.1, 0.15) is 0 Å². The Bertz CT molecular complexity index is 394. The second kappa shape index (κ2) is 6.34. The zero-order valence-electron chi connectivity index (χ0n) is 10.6. The fraction of sp³-hybridized carbons (Fsp3) is 0.500. The van der Waals surface area contributed by atoms with Crippen LogP contribution < -0.4 is 5.32 Å². The first-order chi connectivity index (χ1) is 8.65. The number of nitrogens with zero attached hydrogens (tertiary/aromatic N) is 1. The van der Waals surface area contributed by atoms with Crippen molar-refractivity contribution < 1.29 is 4.79 Å². The summed E-state index contributed by atoms with van der Waals surface area (Å²) in [7, 11) is 0. The number of hydrogen-bond donors (Lipinski definition) is 1. The van der Waals surface area contributed by atoms with E-state index in [1.165, 1.54) is 5.56 Å². The number of amides is 1. The molecule has 0 radical (unpaired) electrons. The normalized spacial score (nSPS) is 21.8. The zero-order chi connectivity index (χ0) is 13.0. The highest BCUT2D eigenvalue weighted by Crippen LogP contribution is 2.14. The molecule has 0 spiro atoms. The Balaban J connectivity index is 1.80. The summed E-state index contributed by atoms with van der Waals surface area (Å²) >= 11 is 3.29. The molecule has 1 aliphatic rings. The summed E-state index contributed by atoms with van der Waals surface area (Å²) < 4.78 is 0. The van der Waals surface area contributed by atoms with Gasteiger partial charge in [0.05, 0.1) is 4.83 Å². The third-order valence-corrected chi connectivity index (χ3v) is 3.64. The molecule has 2 atom stereocenters. The largest absolute Gasteiger partial charge is 0.351 e. The fourth-order valence-corrected chi connectivity index (χ4v) is 2.38. The van der Waals surface area contributed by atoms with Gasteiger partial charge in [-0.15, -0.1) is 0 Å². The predicted molar refractivity (Wildman–Crippen MR) is 76.7 cm³/mol. The van der Waals surface area contributed by atoms with Crippen LogP contribution in [0.25, 0.3) is 0 Å². The van der Waals surface area contributed by atoms with E-state index in [0.29, 0.717) is 6.04 Å². The molecule has 1 saturated heterocycles. The summed E-state index contributed by atoms with van der Waals surface area (Å²) in [4.78, 5) is 13.9. The van der Waals surface area contributed by atoms with Crippen LogP contribution in [0, 0.1) is 0 Å². The number of carbonyl (C=O) groups excluding carboxylic acids is 1. The number of benzene rings is 1. The number of rotatable bonds is 4. The fourth-order valence-electron chi connectivity index (χ4n) is 2.25. The first-order valence-corrected chi connectivity index (χ1v) is 7.27. The number of alkyl halides is 1. The van der Waals surface area contributed by atoms with Crippen LogP contribution in [0.2, 0.25) is 0 Å². The molecular weight excluding hydrogens is 292 g/mol. The molecule has 1 fully saturated rings. The van der Waals surface area contributed by atoms with Gasteiger partial charge in [-0.25, -0.2) is 0 Å².